The van der Waals surface area contributed by atoms with Crippen molar-refractivity contribution >= 4 is 18.8 Å². The van der Waals surface area contributed by atoms with E-state index in [-0.39, 0.29) is 17.8 Å². The lowest BCUT2D eigenvalue weighted by Gasteiger charge is -2.36. The van der Waals surface area contributed by atoms with E-state index in [2.05, 4.69) is 95.1 Å². The van der Waals surface area contributed by atoms with E-state index >= 15 is 0 Å². The summed E-state index contributed by atoms with van der Waals surface area (Å²) in [5.41, 5.74) is 5.31. The zero-order valence-corrected chi connectivity index (χ0v) is 19.4. The Morgan fingerprint density at radius 1 is 0.781 bits per heavy atom. The molecule has 3 nitrogen and oxygen atoms in total. The molecule has 1 N–H and O–H groups in total. The summed E-state index contributed by atoms with van der Waals surface area (Å²) in [4.78, 5) is 13.9. The minimum absolute atomic E-state index is 0. The zero-order valence-electron chi connectivity index (χ0n) is 18.6. The van der Waals surface area contributed by atoms with Crippen LogP contribution in [0.1, 0.15) is 35.1 Å². The van der Waals surface area contributed by atoms with Crippen molar-refractivity contribution in [2.45, 2.75) is 31.1 Å². The number of amides is 1. The van der Waals surface area contributed by atoms with Crippen molar-refractivity contribution in [1.29, 1.82) is 0 Å². The molecule has 0 spiro atoms. The van der Waals surface area contributed by atoms with Crippen LogP contribution in [-0.2, 0) is 23.1 Å². The van der Waals surface area contributed by atoms with Crippen molar-refractivity contribution in [3.63, 3.8) is 0 Å². The molecule has 1 aliphatic rings. The smallest absolute Gasteiger partial charge is 0.207 e. The highest BCUT2D eigenvalue weighted by molar-refractivity contribution is 5.85. The fraction of sp³-hybridized carbons (Fsp3) is 0.321. The van der Waals surface area contributed by atoms with Crippen molar-refractivity contribution in [1.82, 2.24) is 10.2 Å². The molecule has 1 amide bonds. The highest BCUT2D eigenvalue weighted by Crippen LogP contribution is 2.36. The minimum atomic E-state index is -0.224. The van der Waals surface area contributed by atoms with E-state index in [4.69, 9.17) is 0 Å². The van der Waals surface area contributed by atoms with Gasteiger partial charge in [-0.2, -0.15) is 0 Å². The molecule has 0 atom stereocenters. The molecule has 1 heterocycles. The number of nitrogens with one attached hydrogen (secondary N) is 1. The second-order valence-electron chi connectivity index (χ2n) is 8.53. The molecule has 4 rings (SSSR count). The molecule has 0 radical (unpaired) electrons. The summed E-state index contributed by atoms with van der Waals surface area (Å²) in [5.74, 6) is 0. The molecule has 0 aromatic heterocycles. The highest BCUT2D eigenvalue weighted by Gasteiger charge is 2.33. The van der Waals surface area contributed by atoms with Crippen LogP contribution in [0.2, 0.25) is 0 Å². The van der Waals surface area contributed by atoms with Crippen LogP contribution in [0.5, 0.6) is 0 Å². The summed E-state index contributed by atoms with van der Waals surface area (Å²) >= 11 is 0. The molecule has 168 valence electrons. The van der Waals surface area contributed by atoms with Crippen LogP contribution >= 0.6 is 12.4 Å². The van der Waals surface area contributed by atoms with Gasteiger partial charge in [0.05, 0.1) is 0 Å². The van der Waals surface area contributed by atoms with Gasteiger partial charge in [-0.25, -0.2) is 0 Å². The van der Waals surface area contributed by atoms with Crippen LogP contribution in [0.3, 0.4) is 0 Å². The van der Waals surface area contributed by atoms with Crippen molar-refractivity contribution < 1.29 is 4.79 Å². The van der Waals surface area contributed by atoms with Crippen LogP contribution < -0.4 is 5.32 Å². The van der Waals surface area contributed by atoms with Crippen molar-refractivity contribution in [3.05, 3.63) is 107 Å². The molecule has 0 fully saturated rings. The van der Waals surface area contributed by atoms with Gasteiger partial charge in [0.2, 0.25) is 6.41 Å². The van der Waals surface area contributed by atoms with Gasteiger partial charge in [0.15, 0.2) is 0 Å². The Labute approximate surface area is 198 Å². The molecule has 0 saturated heterocycles. The standard InChI is InChI=1S/C28H32N2O.ClH/c31-23-29-22-28(26-12-3-1-4-13-26,27-14-5-2-6-15-27)18-9-19-30-20-16-24-10-7-8-11-25(24)17-21-30;/h1-8,10-15,23H,9,16-22H2,(H,29,31);1H. The summed E-state index contributed by atoms with van der Waals surface area (Å²) < 4.78 is 0. The predicted molar refractivity (Wildman–Crippen MR) is 135 cm³/mol. The lowest BCUT2D eigenvalue weighted by Crippen LogP contribution is -2.40. The SMILES string of the molecule is Cl.O=CNCC(CCCN1CCc2ccccc2CC1)(c1ccccc1)c1ccccc1. The van der Waals surface area contributed by atoms with Crippen LogP contribution in [-0.4, -0.2) is 37.5 Å². The molecular formula is C28H33ClN2O. The van der Waals surface area contributed by atoms with Crippen LogP contribution in [0.15, 0.2) is 84.9 Å². The predicted octanol–water partition coefficient (Wildman–Crippen LogP) is 5.02. The van der Waals surface area contributed by atoms with Gasteiger partial charge in [0, 0.05) is 25.0 Å². The fourth-order valence-electron chi connectivity index (χ4n) is 5.02. The maximum absolute atomic E-state index is 11.3. The largest absolute Gasteiger partial charge is 0.357 e. The number of rotatable bonds is 9. The van der Waals surface area contributed by atoms with E-state index in [1.807, 2.05) is 0 Å². The van der Waals surface area contributed by atoms with Crippen LogP contribution in [0, 0.1) is 0 Å². The second-order valence-corrected chi connectivity index (χ2v) is 8.53. The van der Waals surface area contributed by atoms with E-state index in [0.29, 0.717) is 6.54 Å². The highest BCUT2D eigenvalue weighted by atomic mass is 35.5. The van der Waals surface area contributed by atoms with Crippen LogP contribution in [0.4, 0.5) is 0 Å². The number of hydrogen-bond donors (Lipinski definition) is 1. The summed E-state index contributed by atoms with van der Waals surface area (Å²) in [6, 6.07) is 30.2. The Kier molecular flexibility index (Phi) is 8.90. The molecule has 0 aliphatic carbocycles. The fourth-order valence-corrected chi connectivity index (χ4v) is 5.02. The summed E-state index contributed by atoms with van der Waals surface area (Å²) in [7, 11) is 0. The Bertz CT molecular complexity index is 895. The zero-order chi connectivity index (χ0) is 21.4. The van der Waals surface area contributed by atoms with E-state index < -0.39 is 0 Å². The molecule has 4 heteroatoms. The number of nitrogens with zero attached hydrogens (tertiary/aromatic N) is 1. The number of hydrogen-bond acceptors (Lipinski definition) is 2. The van der Waals surface area contributed by atoms with E-state index in [9.17, 15) is 4.79 Å². The second kappa shape index (κ2) is 11.8. The third kappa shape index (κ3) is 5.59. The first-order chi connectivity index (χ1) is 15.3. The quantitative estimate of drug-likeness (QED) is 0.466. The number of benzene rings is 3. The van der Waals surface area contributed by atoms with Crippen molar-refractivity contribution in [2.75, 3.05) is 26.2 Å². The molecule has 32 heavy (non-hydrogen) atoms. The molecule has 3 aromatic rings. The van der Waals surface area contributed by atoms with Crippen molar-refractivity contribution in [3.8, 4) is 0 Å². The van der Waals surface area contributed by atoms with Gasteiger partial charge in [-0.3, -0.25) is 4.79 Å². The molecular weight excluding hydrogens is 416 g/mol. The monoisotopic (exact) mass is 448 g/mol. The van der Waals surface area contributed by atoms with E-state index in [1.54, 1.807) is 0 Å². The van der Waals surface area contributed by atoms with Crippen LogP contribution in [0.25, 0.3) is 0 Å². The first-order valence-corrected chi connectivity index (χ1v) is 11.4. The Morgan fingerprint density at radius 2 is 1.28 bits per heavy atom. The average Bonchev–Trinajstić information content (AvgIpc) is 3.05. The van der Waals surface area contributed by atoms with Crippen molar-refractivity contribution in [2.24, 2.45) is 0 Å². The van der Waals surface area contributed by atoms with Gasteiger partial charge in [0.1, 0.15) is 0 Å². The topological polar surface area (TPSA) is 32.3 Å². The number of carbonyl (C=O) groups excluding carboxylic acids is 1. The number of fused-ring (bicyclic) bond motifs is 1. The molecule has 1 aliphatic heterocycles. The number of carbonyl (C=O) groups is 1. The van der Waals surface area contributed by atoms with Gasteiger partial charge in [0.25, 0.3) is 0 Å². The Morgan fingerprint density at radius 3 is 1.78 bits per heavy atom. The Hall–Kier alpha value is -2.62. The first-order valence-electron chi connectivity index (χ1n) is 11.4. The summed E-state index contributed by atoms with van der Waals surface area (Å²) in [6.45, 7) is 3.92. The van der Waals surface area contributed by atoms with Gasteiger partial charge in [-0.15, -0.1) is 12.4 Å². The summed E-state index contributed by atoms with van der Waals surface area (Å²) in [5, 5.41) is 3.00. The number of halogens is 1. The molecule has 3 aromatic carbocycles. The van der Waals surface area contributed by atoms with Gasteiger partial charge < -0.3 is 10.2 Å². The van der Waals surface area contributed by atoms with Gasteiger partial charge >= 0.3 is 0 Å². The molecule has 0 bridgehead atoms. The van der Waals surface area contributed by atoms with Gasteiger partial charge in [-0.05, 0) is 54.5 Å². The third-order valence-electron chi connectivity index (χ3n) is 6.73. The molecule has 0 saturated carbocycles. The third-order valence-corrected chi connectivity index (χ3v) is 6.73. The van der Waals surface area contributed by atoms with Gasteiger partial charge in [-0.1, -0.05) is 84.9 Å². The summed E-state index contributed by atoms with van der Waals surface area (Å²) in [6.07, 6.45) is 5.16. The normalized spacial score (nSPS) is 14.0. The Balaban J connectivity index is 0.00000289. The molecule has 0 unspecified atom stereocenters. The first kappa shape index (κ1) is 24.0. The lowest BCUT2D eigenvalue weighted by molar-refractivity contribution is -0.109. The van der Waals surface area contributed by atoms with E-state index in [1.165, 1.54) is 22.3 Å². The minimum Gasteiger partial charge on any atom is -0.357 e. The van der Waals surface area contributed by atoms with E-state index in [0.717, 1.165) is 51.7 Å². The lowest BCUT2D eigenvalue weighted by atomic mass is 9.71. The maximum atomic E-state index is 11.3. The maximum Gasteiger partial charge on any atom is 0.207 e. The average molecular weight is 449 g/mol.